The van der Waals surface area contributed by atoms with Gasteiger partial charge in [-0.15, -0.1) is 0 Å². The number of methoxy groups -OCH3 is 1. The van der Waals surface area contributed by atoms with E-state index in [1.807, 2.05) is 18.2 Å². The molecule has 1 aliphatic carbocycles. The standard InChI is InChI=1S/C22H23NO5/c1-27-19-9-7-18(8-10-19)23-21(25)14-28-22(26)12-11-20(24)17-6-5-15-3-2-4-16(15)13-17/h5-10,13H,2-4,11-12,14H2,1H3,(H,23,25). The fourth-order valence-electron chi connectivity index (χ4n) is 3.19. The van der Waals surface area contributed by atoms with Crippen molar-refractivity contribution in [2.75, 3.05) is 19.0 Å². The number of anilines is 1. The first-order valence-corrected chi connectivity index (χ1v) is 9.29. The molecular formula is C22H23NO5. The molecule has 0 aliphatic heterocycles. The number of hydrogen-bond donors (Lipinski definition) is 1. The zero-order valence-corrected chi connectivity index (χ0v) is 15.8. The number of benzene rings is 2. The maximum atomic E-state index is 12.3. The zero-order chi connectivity index (χ0) is 19.9. The molecule has 0 heterocycles. The number of fused-ring (bicyclic) bond motifs is 1. The minimum Gasteiger partial charge on any atom is -0.497 e. The number of carbonyl (C=O) groups excluding carboxylic acids is 3. The number of esters is 1. The molecule has 1 amide bonds. The molecule has 6 nitrogen and oxygen atoms in total. The quantitative estimate of drug-likeness (QED) is 0.560. The summed E-state index contributed by atoms with van der Waals surface area (Å²) >= 11 is 0. The molecule has 28 heavy (non-hydrogen) atoms. The Kier molecular flexibility index (Phi) is 6.42. The monoisotopic (exact) mass is 381 g/mol. The van der Waals surface area contributed by atoms with E-state index in [-0.39, 0.29) is 18.6 Å². The molecule has 0 fully saturated rings. The molecule has 0 saturated heterocycles. The second-order valence-corrected chi connectivity index (χ2v) is 6.70. The Balaban J connectivity index is 1.40. The van der Waals surface area contributed by atoms with Crippen molar-refractivity contribution in [1.82, 2.24) is 0 Å². The summed E-state index contributed by atoms with van der Waals surface area (Å²) in [6.07, 6.45) is 3.21. The average molecular weight is 381 g/mol. The molecule has 2 aromatic carbocycles. The summed E-state index contributed by atoms with van der Waals surface area (Å²) in [5.74, 6) is -0.422. The van der Waals surface area contributed by atoms with E-state index < -0.39 is 18.5 Å². The highest BCUT2D eigenvalue weighted by Gasteiger charge is 2.16. The lowest BCUT2D eigenvalue weighted by Crippen LogP contribution is -2.21. The molecule has 0 spiro atoms. The Morgan fingerprint density at radius 1 is 0.964 bits per heavy atom. The van der Waals surface area contributed by atoms with Crippen molar-refractivity contribution in [2.24, 2.45) is 0 Å². The Morgan fingerprint density at radius 2 is 1.71 bits per heavy atom. The molecule has 0 radical (unpaired) electrons. The second kappa shape index (κ2) is 9.17. The van der Waals surface area contributed by atoms with Gasteiger partial charge in [0.15, 0.2) is 12.4 Å². The normalized spacial score (nSPS) is 12.2. The van der Waals surface area contributed by atoms with Gasteiger partial charge in [0.1, 0.15) is 5.75 Å². The molecule has 1 N–H and O–H groups in total. The van der Waals surface area contributed by atoms with Gasteiger partial charge in [0.2, 0.25) is 0 Å². The van der Waals surface area contributed by atoms with E-state index in [1.54, 1.807) is 31.4 Å². The summed E-state index contributed by atoms with van der Waals surface area (Å²) < 4.78 is 10.00. The lowest BCUT2D eigenvalue weighted by Gasteiger charge is -2.08. The molecule has 0 atom stereocenters. The summed E-state index contributed by atoms with van der Waals surface area (Å²) in [6.45, 7) is -0.391. The van der Waals surface area contributed by atoms with Crippen LogP contribution in [0, 0.1) is 0 Å². The van der Waals surface area contributed by atoms with Crippen LogP contribution in [0.1, 0.15) is 40.7 Å². The molecule has 0 aromatic heterocycles. The highest BCUT2D eigenvalue weighted by atomic mass is 16.5. The molecule has 1 aliphatic rings. The van der Waals surface area contributed by atoms with Gasteiger partial charge >= 0.3 is 5.97 Å². The van der Waals surface area contributed by atoms with Crippen LogP contribution in [0.5, 0.6) is 5.75 Å². The van der Waals surface area contributed by atoms with Crippen LogP contribution < -0.4 is 10.1 Å². The topological polar surface area (TPSA) is 81.7 Å². The van der Waals surface area contributed by atoms with Crippen LogP contribution in [0.3, 0.4) is 0 Å². The summed E-state index contributed by atoms with van der Waals surface area (Å²) in [5, 5.41) is 2.62. The number of ketones is 1. The van der Waals surface area contributed by atoms with Crippen molar-refractivity contribution in [2.45, 2.75) is 32.1 Å². The fraction of sp³-hybridized carbons (Fsp3) is 0.318. The van der Waals surface area contributed by atoms with Crippen molar-refractivity contribution in [3.63, 3.8) is 0 Å². The van der Waals surface area contributed by atoms with Gasteiger partial charge in [-0.05, 0) is 60.7 Å². The summed E-state index contributed by atoms with van der Waals surface area (Å²) in [5.41, 5.74) is 3.74. The van der Waals surface area contributed by atoms with E-state index in [9.17, 15) is 14.4 Å². The van der Waals surface area contributed by atoms with E-state index in [4.69, 9.17) is 9.47 Å². The summed E-state index contributed by atoms with van der Waals surface area (Å²) in [6, 6.07) is 12.6. The molecular weight excluding hydrogens is 358 g/mol. The number of ether oxygens (including phenoxy) is 2. The van der Waals surface area contributed by atoms with Crippen LogP contribution in [0.2, 0.25) is 0 Å². The highest BCUT2D eigenvalue weighted by Crippen LogP contribution is 2.23. The number of hydrogen-bond acceptors (Lipinski definition) is 5. The van der Waals surface area contributed by atoms with E-state index in [1.165, 1.54) is 11.1 Å². The number of Topliss-reactive ketones (excluding diaryl/α,β-unsaturated/α-hetero) is 1. The third-order valence-electron chi connectivity index (χ3n) is 4.71. The van der Waals surface area contributed by atoms with Crippen molar-refractivity contribution in [1.29, 1.82) is 0 Å². The van der Waals surface area contributed by atoms with Crippen molar-refractivity contribution in [3.8, 4) is 5.75 Å². The Morgan fingerprint density at radius 3 is 2.46 bits per heavy atom. The Labute approximate surface area is 163 Å². The van der Waals surface area contributed by atoms with E-state index in [0.717, 1.165) is 19.3 Å². The molecule has 6 heteroatoms. The lowest BCUT2D eigenvalue weighted by atomic mass is 10.0. The minimum atomic E-state index is -0.570. The van der Waals surface area contributed by atoms with Crippen molar-refractivity contribution >= 4 is 23.3 Å². The first kappa shape index (κ1) is 19.6. The highest BCUT2D eigenvalue weighted by molar-refractivity contribution is 5.98. The largest absolute Gasteiger partial charge is 0.497 e. The van der Waals surface area contributed by atoms with Gasteiger partial charge in [-0.25, -0.2) is 0 Å². The minimum absolute atomic E-state index is 0.0499. The number of aryl methyl sites for hydroxylation is 2. The van der Waals surface area contributed by atoms with Crippen LogP contribution in [-0.2, 0) is 27.2 Å². The van der Waals surface area contributed by atoms with Gasteiger partial charge in [0.25, 0.3) is 5.91 Å². The van der Waals surface area contributed by atoms with Crippen LogP contribution in [0.15, 0.2) is 42.5 Å². The van der Waals surface area contributed by atoms with Gasteiger partial charge in [0.05, 0.1) is 13.5 Å². The number of rotatable bonds is 8. The van der Waals surface area contributed by atoms with Gasteiger partial charge < -0.3 is 14.8 Å². The number of carbonyl (C=O) groups is 3. The molecule has 2 aromatic rings. The number of nitrogens with one attached hydrogen (secondary N) is 1. The predicted molar refractivity (Wildman–Crippen MR) is 105 cm³/mol. The predicted octanol–water partition coefficient (Wildman–Crippen LogP) is 3.33. The molecule has 3 rings (SSSR count). The first-order valence-electron chi connectivity index (χ1n) is 9.29. The van der Waals surface area contributed by atoms with Crippen LogP contribution in [0.4, 0.5) is 5.69 Å². The third-order valence-corrected chi connectivity index (χ3v) is 4.71. The maximum absolute atomic E-state index is 12.3. The van der Waals surface area contributed by atoms with Gasteiger partial charge in [-0.2, -0.15) is 0 Å². The zero-order valence-electron chi connectivity index (χ0n) is 15.8. The molecule has 0 saturated carbocycles. The van der Waals surface area contributed by atoms with Crippen LogP contribution in [0.25, 0.3) is 0 Å². The Hall–Kier alpha value is -3.15. The average Bonchev–Trinajstić information content (AvgIpc) is 3.19. The SMILES string of the molecule is COc1ccc(NC(=O)COC(=O)CCC(=O)c2ccc3c(c2)CCC3)cc1. The third kappa shape index (κ3) is 5.19. The van der Waals surface area contributed by atoms with E-state index >= 15 is 0 Å². The summed E-state index contributed by atoms with van der Waals surface area (Å²) in [7, 11) is 1.56. The lowest BCUT2D eigenvalue weighted by molar-refractivity contribution is -0.147. The smallest absolute Gasteiger partial charge is 0.306 e. The second-order valence-electron chi connectivity index (χ2n) is 6.70. The molecule has 146 valence electrons. The summed E-state index contributed by atoms with van der Waals surface area (Å²) in [4.78, 5) is 36.0. The Bertz CT molecular complexity index is 873. The van der Waals surface area contributed by atoms with Crippen molar-refractivity contribution in [3.05, 3.63) is 59.2 Å². The van der Waals surface area contributed by atoms with Gasteiger partial charge in [-0.3, -0.25) is 14.4 Å². The van der Waals surface area contributed by atoms with Crippen LogP contribution in [-0.4, -0.2) is 31.4 Å². The van der Waals surface area contributed by atoms with E-state index in [2.05, 4.69) is 5.32 Å². The van der Waals surface area contributed by atoms with Crippen molar-refractivity contribution < 1.29 is 23.9 Å². The molecule has 0 unspecified atom stereocenters. The first-order chi connectivity index (χ1) is 13.5. The van der Waals surface area contributed by atoms with Crippen LogP contribution >= 0.6 is 0 Å². The molecule has 0 bridgehead atoms. The van der Waals surface area contributed by atoms with Gasteiger partial charge in [0, 0.05) is 17.7 Å². The maximum Gasteiger partial charge on any atom is 0.306 e. The van der Waals surface area contributed by atoms with E-state index in [0.29, 0.717) is 17.0 Å². The number of amides is 1. The van der Waals surface area contributed by atoms with Gasteiger partial charge in [-0.1, -0.05) is 12.1 Å². The fourth-order valence-corrected chi connectivity index (χ4v) is 3.19.